The van der Waals surface area contributed by atoms with Crippen LogP contribution in [-0.4, -0.2) is 78.5 Å². The number of methoxy groups -OCH3 is 2. The number of nitrogens with zero attached hydrogens (tertiary/aromatic N) is 5. The Labute approximate surface area is 226 Å². The lowest BCUT2D eigenvalue weighted by atomic mass is 10.1. The van der Waals surface area contributed by atoms with E-state index in [1.165, 1.54) is 0 Å². The Kier molecular flexibility index (Phi) is 8.94. The highest BCUT2D eigenvalue weighted by atomic mass is 16.5. The lowest BCUT2D eigenvalue weighted by Gasteiger charge is -2.37. The number of anilines is 1. The van der Waals surface area contributed by atoms with Gasteiger partial charge < -0.3 is 24.2 Å². The van der Waals surface area contributed by atoms with E-state index in [9.17, 15) is 4.79 Å². The number of piperazine rings is 1. The van der Waals surface area contributed by atoms with Crippen molar-refractivity contribution >= 4 is 11.7 Å². The molecule has 2 aromatic carbocycles. The number of aromatic nitrogens is 2. The maximum atomic E-state index is 14.0. The molecular weight excluding hydrogens is 478 g/mol. The fraction of sp³-hybridized carbons (Fsp3) is 0.467. The summed E-state index contributed by atoms with van der Waals surface area (Å²) in [7, 11) is 3.20. The molecule has 38 heavy (non-hydrogen) atoms. The van der Waals surface area contributed by atoms with Gasteiger partial charge >= 0.3 is 0 Å². The lowest BCUT2D eigenvalue weighted by Crippen LogP contribution is -2.47. The topological polar surface area (TPSA) is 63.1 Å². The number of para-hydroxylation sites is 1. The molecular formula is C30H41N5O3. The summed E-state index contributed by atoms with van der Waals surface area (Å²) in [5.74, 6) is 2.22. The molecule has 0 bridgehead atoms. The second-order valence-corrected chi connectivity index (χ2v) is 9.85. The summed E-state index contributed by atoms with van der Waals surface area (Å²) in [4.78, 5) is 20.9. The largest absolute Gasteiger partial charge is 0.497 e. The molecule has 1 aliphatic rings. The Bertz CT molecular complexity index is 1200. The van der Waals surface area contributed by atoms with Gasteiger partial charge in [0.25, 0.3) is 5.91 Å². The molecule has 4 rings (SSSR count). The van der Waals surface area contributed by atoms with Gasteiger partial charge in [0, 0.05) is 49.4 Å². The van der Waals surface area contributed by atoms with Crippen LogP contribution in [0.4, 0.5) is 5.82 Å². The number of likely N-dealkylation sites (N-methyl/N-ethyl adjacent to an activating group) is 1. The van der Waals surface area contributed by atoms with Crippen LogP contribution < -0.4 is 14.4 Å². The second kappa shape index (κ2) is 12.3. The lowest BCUT2D eigenvalue weighted by molar-refractivity contribution is 0.0670. The van der Waals surface area contributed by atoms with Crippen LogP contribution in [-0.2, 0) is 6.54 Å². The number of ether oxygens (including phenoxy) is 2. The molecule has 204 valence electrons. The van der Waals surface area contributed by atoms with Crippen molar-refractivity contribution in [2.24, 2.45) is 0 Å². The van der Waals surface area contributed by atoms with E-state index in [0.29, 0.717) is 23.6 Å². The minimum Gasteiger partial charge on any atom is -0.497 e. The summed E-state index contributed by atoms with van der Waals surface area (Å²) in [6, 6.07) is 15.6. The predicted octanol–water partition coefficient (Wildman–Crippen LogP) is 4.78. The molecule has 1 atom stereocenters. The van der Waals surface area contributed by atoms with E-state index in [2.05, 4.69) is 54.3 Å². The Morgan fingerprint density at radius 2 is 1.63 bits per heavy atom. The van der Waals surface area contributed by atoms with Crippen LogP contribution >= 0.6 is 0 Å². The molecule has 2 heterocycles. The van der Waals surface area contributed by atoms with E-state index in [-0.39, 0.29) is 11.9 Å². The van der Waals surface area contributed by atoms with Crippen molar-refractivity contribution < 1.29 is 14.3 Å². The smallest absolute Gasteiger partial charge is 0.254 e. The van der Waals surface area contributed by atoms with Crippen LogP contribution in [0.2, 0.25) is 0 Å². The van der Waals surface area contributed by atoms with Crippen LogP contribution in [0.25, 0.3) is 5.69 Å². The van der Waals surface area contributed by atoms with Crippen LogP contribution in [0.1, 0.15) is 48.8 Å². The SMILES string of the molecule is CC[C@H](C)N(Cc1c(C)nn(-c2ccccc2)c1N1CCN(CC)CC1)C(=O)c1cc(OC)cc(OC)c1. The van der Waals surface area contributed by atoms with Gasteiger partial charge in [0.15, 0.2) is 0 Å². The number of carbonyl (C=O) groups excluding carboxylic acids is 1. The van der Waals surface area contributed by atoms with E-state index in [1.54, 1.807) is 32.4 Å². The average Bonchev–Trinajstić information content (AvgIpc) is 3.30. The molecule has 0 N–H and O–H groups in total. The molecule has 1 saturated heterocycles. The zero-order valence-corrected chi connectivity index (χ0v) is 23.6. The molecule has 8 nitrogen and oxygen atoms in total. The number of hydrogen-bond donors (Lipinski definition) is 0. The molecule has 1 amide bonds. The van der Waals surface area contributed by atoms with Crippen molar-refractivity contribution in [1.29, 1.82) is 0 Å². The van der Waals surface area contributed by atoms with Crippen molar-refractivity contribution in [3.8, 4) is 17.2 Å². The molecule has 3 aromatic rings. The predicted molar refractivity (Wildman–Crippen MR) is 152 cm³/mol. The van der Waals surface area contributed by atoms with Crippen LogP contribution in [0, 0.1) is 6.92 Å². The summed E-state index contributed by atoms with van der Waals surface area (Å²) >= 11 is 0. The minimum absolute atomic E-state index is 0.0314. The van der Waals surface area contributed by atoms with Gasteiger partial charge in [0.1, 0.15) is 17.3 Å². The van der Waals surface area contributed by atoms with E-state index in [0.717, 1.165) is 61.9 Å². The molecule has 0 radical (unpaired) electrons. The molecule has 1 fully saturated rings. The quantitative estimate of drug-likeness (QED) is 0.384. The van der Waals surface area contributed by atoms with Crippen molar-refractivity contribution in [1.82, 2.24) is 19.6 Å². The summed E-state index contributed by atoms with van der Waals surface area (Å²) < 4.78 is 12.9. The molecule has 0 saturated carbocycles. The number of benzene rings is 2. The van der Waals surface area contributed by atoms with Gasteiger partial charge in [-0.1, -0.05) is 32.0 Å². The molecule has 0 unspecified atom stereocenters. The molecule has 1 aliphatic heterocycles. The average molecular weight is 520 g/mol. The summed E-state index contributed by atoms with van der Waals surface area (Å²) in [6.45, 7) is 13.9. The Balaban J connectivity index is 1.76. The highest BCUT2D eigenvalue weighted by Crippen LogP contribution is 2.32. The van der Waals surface area contributed by atoms with E-state index < -0.39 is 0 Å². The monoisotopic (exact) mass is 519 g/mol. The van der Waals surface area contributed by atoms with Crippen LogP contribution in [0.3, 0.4) is 0 Å². The highest BCUT2D eigenvalue weighted by molar-refractivity contribution is 5.95. The van der Waals surface area contributed by atoms with E-state index in [1.807, 2.05) is 23.1 Å². The van der Waals surface area contributed by atoms with E-state index >= 15 is 0 Å². The first-order valence-corrected chi connectivity index (χ1v) is 13.5. The van der Waals surface area contributed by atoms with Crippen LogP contribution in [0.5, 0.6) is 11.5 Å². The van der Waals surface area contributed by atoms with E-state index in [4.69, 9.17) is 14.6 Å². The second-order valence-electron chi connectivity index (χ2n) is 9.85. The highest BCUT2D eigenvalue weighted by Gasteiger charge is 2.29. The third kappa shape index (κ3) is 5.80. The van der Waals surface area contributed by atoms with Crippen LogP contribution in [0.15, 0.2) is 48.5 Å². The number of amides is 1. The number of aryl methyl sites for hydroxylation is 1. The third-order valence-electron chi connectivity index (χ3n) is 7.59. The molecule has 0 aliphatic carbocycles. The maximum Gasteiger partial charge on any atom is 0.254 e. The van der Waals surface area contributed by atoms with Gasteiger partial charge in [-0.15, -0.1) is 0 Å². The standard InChI is InChI=1S/C30H41N5O3/c1-7-22(3)34(30(36)24-18-26(37-5)20-27(19-24)38-6)21-28-23(4)31-35(25-12-10-9-11-13-25)29(28)33-16-14-32(8-2)15-17-33/h9-13,18-20,22H,7-8,14-17,21H2,1-6H3/t22-/m0/s1. The Hall–Kier alpha value is -3.52. The maximum absolute atomic E-state index is 14.0. The summed E-state index contributed by atoms with van der Waals surface area (Å²) in [6.07, 6.45) is 0.837. The minimum atomic E-state index is -0.0508. The first-order valence-electron chi connectivity index (χ1n) is 13.5. The Morgan fingerprint density at radius 3 is 2.18 bits per heavy atom. The van der Waals surface area contributed by atoms with Crippen molar-refractivity contribution in [3.63, 3.8) is 0 Å². The zero-order valence-electron chi connectivity index (χ0n) is 23.6. The van der Waals surface area contributed by atoms with Gasteiger partial charge in [-0.25, -0.2) is 4.68 Å². The van der Waals surface area contributed by atoms with Crippen molar-refractivity contribution in [3.05, 3.63) is 65.4 Å². The molecule has 1 aromatic heterocycles. The van der Waals surface area contributed by atoms with Gasteiger partial charge in [-0.05, 0) is 51.1 Å². The molecule has 0 spiro atoms. The number of hydrogen-bond acceptors (Lipinski definition) is 6. The Morgan fingerprint density at radius 1 is 1.00 bits per heavy atom. The first kappa shape index (κ1) is 27.5. The fourth-order valence-electron chi connectivity index (χ4n) is 5.00. The molecule has 8 heteroatoms. The first-order chi connectivity index (χ1) is 18.4. The number of carbonyl (C=O) groups is 1. The van der Waals surface area contributed by atoms with Gasteiger partial charge in [-0.2, -0.15) is 5.10 Å². The van der Waals surface area contributed by atoms with Crippen molar-refractivity contribution in [2.45, 2.75) is 46.7 Å². The summed E-state index contributed by atoms with van der Waals surface area (Å²) in [5, 5.41) is 5.00. The van der Waals surface area contributed by atoms with Gasteiger partial charge in [-0.3, -0.25) is 4.79 Å². The third-order valence-corrected chi connectivity index (χ3v) is 7.59. The normalized spacial score (nSPS) is 14.8. The van der Waals surface area contributed by atoms with Crippen molar-refractivity contribution in [2.75, 3.05) is 51.8 Å². The van der Waals surface area contributed by atoms with Gasteiger partial charge in [0.2, 0.25) is 0 Å². The zero-order chi connectivity index (χ0) is 27.2. The van der Waals surface area contributed by atoms with Gasteiger partial charge in [0.05, 0.1) is 32.1 Å². The summed E-state index contributed by atoms with van der Waals surface area (Å²) in [5.41, 5.74) is 3.59. The number of rotatable bonds is 10. The fourth-order valence-corrected chi connectivity index (χ4v) is 5.00.